The second-order valence-electron chi connectivity index (χ2n) is 8.32. The Hall–Kier alpha value is -3.89. The number of rotatable bonds is 9. The number of sulfonamides is 1. The number of ketones is 1. The lowest BCUT2D eigenvalue weighted by atomic mass is 10.1. The van der Waals surface area contributed by atoms with Crippen LogP contribution in [0.5, 0.6) is 11.5 Å². The van der Waals surface area contributed by atoms with Crippen molar-refractivity contribution < 1.29 is 32.2 Å². The molecule has 37 heavy (non-hydrogen) atoms. The second kappa shape index (κ2) is 11.4. The van der Waals surface area contributed by atoms with Crippen molar-refractivity contribution in [1.29, 1.82) is 0 Å². The monoisotopic (exact) mass is 524 g/mol. The van der Waals surface area contributed by atoms with Crippen LogP contribution in [0.15, 0.2) is 77.7 Å². The average Bonchev–Trinajstić information content (AvgIpc) is 2.95. The summed E-state index contributed by atoms with van der Waals surface area (Å²) in [5, 5.41) is 0. The maximum Gasteiger partial charge on any atom is 0.338 e. The Kier molecular flexibility index (Phi) is 8.10. The highest BCUT2D eigenvalue weighted by atomic mass is 32.2. The van der Waals surface area contributed by atoms with Gasteiger partial charge in [0.05, 0.1) is 30.2 Å². The van der Waals surface area contributed by atoms with Crippen molar-refractivity contribution >= 4 is 27.5 Å². The van der Waals surface area contributed by atoms with Crippen LogP contribution in [0.4, 0.5) is 5.69 Å². The summed E-state index contributed by atoms with van der Waals surface area (Å²) in [5.74, 6) is -0.453. The first kappa shape index (κ1) is 26.2. The Labute approximate surface area is 216 Å². The largest absolute Gasteiger partial charge is 0.497 e. The van der Waals surface area contributed by atoms with Crippen LogP contribution in [-0.4, -0.2) is 71.5 Å². The number of hydrogen-bond donors (Lipinski definition) is 0. The van der Waals surface area contributed by atoms with E-state index in [0.29, 0.717) is 37.7 Å². The van der Waals surface area contributed by atoms with E-state index in [-0.39, 0.29) is 16.0 Å². The van der Waals surface area contributed by atoms with Crippen LogP contribution >= 0.6 is 0 Å². The van der Waals surface area contributed by atoms with Crippen molar-refractivity contribution in [1.82, 2.24) is 4.31 Å². The van der Waals surface area contributed by atoms with E-state index in [9.17, 15) is 18.0 Å². The number of piperazine rings is 1. The van der Waals surface area contributed by atoms with E-state index in [2.05, 4.69) is 4.90 Å². The first-order valence-corrected chi connectivity index (χ1v) is 13.1. The van der Waals surface area contributed by atoms with E-state index in [4.69, 9.17) is 14.2 Å². The van der Waals surface area contributed by atoms with E-state index in [1.54, 1.807) is 12.1 Å². The molecule has 0 N–H and O–H groups in total. The molecule has 0 bridgehead atoms. The number of Topliss-reactive ketones (excluding diaryl/α,β-unsaturated/α-hetero) is 1. The van der Waals surface area contributed by atoms with Gasteiger partial charge in [-0.3, -0.25) is 4.79 Å². The molecule has 0 unspecified atom stereocenters. The van der Waals surface area contributed by atoms with Crippen LogP contribution in [0.3, 0.4) is 0 Å². The molecule has 1 fully saturated rings. The molecule has 0 amide bonds. The summed E-state index contributed by atoms with van der Waals surface area (Å²) >= 11 is 0. The van der Waals surface area contributed by atoms with Gasteiger partial charge in [-0.1, -0.05) is 24.3 Å². The van der Waals surface area contributed by atoms with Gasteiger partial charge in [-0.2, -0.15) is 4.31 Å². The fraction of sp³-hybridized carbons (Fsp3) is 0.259. The summed E-state index contributed by atoms with van der Waals surface area (Å²) < 4.78 is 43.5. The molecule has 3 aromatic rings. The van der Waals surface area contributed by atoms with E-state index in [1.165, 1.54) is 48.9 Å². The Morgan fingerprint density at radius 1 is 0.838 bits per heavy atom. The molecule has 1 saturated heterocycles. The van der Waals surface area contributed by atoms with Gasteiger partial charge in [0.25, 0.3) is 0 Å². The van der Waals surface area contributed by atoms with E-state index >= 15 is 0 Å². The highest BCUT2D eigenvalue weighted by Crippen LogP contribution is 2.25. The van der Waals surface area contributed by atoms with Crippen LogP contribution in [0.2, 0.25) is 0 Å². The molecule has 1 heterocycles. The minimum atomic E-state index is -3.81. The van der Waals surface area contributed by atoms with Gasteiger partial charge < -0.3 is 19.1 Å². The van der Waals surface area contributed by atoms with Gasteiger partial charge >= 0.3 is 5.97 Å². The highest BCUT2D eigenvalue weighted by molar-refractivity contribution is 7.89. The van der Waals surface area contributed by atoms with Crippen molar-refractivity contribution in [3.05, 3.63) is 83.9 Å². The molecule has 0 aromatic heterocycles. The molecule has 1 aliphatic heterocycles. The molecule has 4 rings (SSSR count). The zero-order valence-corrected chi connectivity index (χ0v) is 21.4. The van der Waals surface area contributed by atoms with E-state index < -0.39 is 28.4 Å². The van der Waals surface area contributed by atoms with Crippen molar-refractivity contribution in [2.75, 3.05) is 51.9 Å². The molecule has 0 saturated carbocycles. The third-order valence-electron chi connectivity index (χ3n) is 6.11. The number of hydrogen-bond acceptors (Lipinski definition) is 8. The van der Waals surface area contributed by atoms with Gasteiger partial charge in [0.1, 0.15) is 11.5 Å². The normalized spacial score (nSPS) is 14.2. The zero-order chi connectivity index (χ0) is 26.4. The van der Waals surface area contributed by atoms with Gasteiger partial charge in [0, 0.05) is 37.9 Å². The Bertz CT molecular complexity index is 1370. The van der Waals surface area contributed by atoms with Gasteiger partial charge in [0.15, 0.2) is 6.61 Å². The topological polar surface area (TPSA) is 102 Å². The van der Waals surface area contributed by atoms with Gasteiger partial charge in [-0.15, -0.1) is 0 Å². The highest BCUT2D eigenvalue weighted by Gasteiger charge is 2.29. The number of para-hydroxylation sites is 1. The molecule has 1 aliphatic rings. The number of carbonyl (C=O) groups is 2. The number of anilines is 1. The van der Waals surface area contributed by atoms with Crippen molar-refractivity contribution in [2.24, 2.45) is 0 Å². The van der Waals surface area contributed by atoms with E-state index in [0.717, 1.165) is 5.69 Å². The summed E-state index contributed by atoms with van der Waals surface area (Å²) in [6.07, 6.45) is 0. The van der Waals surface area contributed by atoms with Crippen LogP contribution < -0.4 is 14.4 Å². The Balaban J connectivity index is 1.40. The van der Waals surface area contributed by atoms with E-state index in [1.807, 2.05) is 30.3 Å². The molecule has 9 nitrogen and oxygen atoms in total. The summed E-state index contributed by atoms with van der Waals surface area (Å²) in [6.45, 7) is 1.23. The zero-order valence-electron chi connectivity index (χ0n) is 20.6. The molecule has 0 aliphatic carbocycles. The maximum absolute atomic E-state index is 13.3. The third-order valence-corrected chi connectivity index (χ3v) is 8.01. The Morgan fingerprint density at radius 3 is 2.24 bits per heavy atom. The SMILES string of the molecule is COc1ccc(C(=O)COC(=O)c2cccc(S(=O)(=O)N3CCN(c4ccccc4)CC3)c2)c(OC)c1. The molecular weight excluding hydrogens is 496 g/mol. The number of ether oxygens (including phenoxy) is 3. The van der Waals surface area contributed by atoms with Gasteiger partial charge in [0.2, 0.25) is 15.8 Å². The first-order chi connectivity index (χ1) is 17.8. The van der Waals surface area contributed by atoms with Gasteiger partial charge in [-0.25, -0.2) is 13.2 Å². The fourth-order valence-corrected chi connectivity index (χ4v) is 5.55. The minimum Gasteiger partial charge on any atom is -0.497 e. The van der Waals surface area contributed by atoms with Crippen LogP contribution in [0, 0.1) is 0 Å². The quantitative estimate of drug-likeness (QED) is 0.311. The summed E-state index contributed by atoms with van der Waals surface area (Å²) in [7, 11) is -0.891. The third kappa shape index (κ3) is 5.92. The molecule has 3 aromatic carbocycles. The van der Waals surface area contributed by atoms with Crippen LogP contribution in [-0.2, 0) is 14.8 Å². The molecular formula is C27H28N2O7S. The number of methoxy groups -OCH3 is 2. The van der Waals surface area contributed by atoms with Crippen molar-refractivity contribution in [3.8, 4) is 11.5 Å². The molecule has 10 heteroatoms. The van der Waals surface area contributed by atoms with Gasteiger partial charge in [-0.05, 0) is 42.5 Å². The minimum absolute atomic E-state index is 0.00161. The lowest BCUT2D eigenvalue weighted by molar-refractivity contribution is 0.0473. The lowest BCUT2D eigenvalue weighted by Crippen LogP contribution is -2.48. The predicted molar refractivity (Wildman–Crippen MR) is 138 cm³/mol. The second-order valence-corrected chi connectivity index (χ2v) is 10.3. The maximum atomic E-state index is 13.3. The van der Waals surface area contributed by atoms with Crippen LogP contribution in [0.1, 0.15) is 20.7 Å². The fourth-order valence-electron chi connectivity index (χ4n) is 4.08. The average molecular weight is 525 g/mol. The summed E-state index contributed by atoms with van der Waals surface area (Å²) in [6, 6.07) is 20.2. The number of carbonyl (C=O) groups excluding carboxylic acids is 2. The predicted octanol–water partition coefficient (Wildman–Crippen LogP) is 3.25. The number of benzene rings is 3. The van der Waals surface area contributed by atoms with Crippen LogP contribution in [0.25, 0.3) is 0 Å². The smallest absolute Gasteiger partial charge is 0.338 e. The summed E-state index contributed by atoms with van der Waals surface area (Å²) in [4.78, 5) is 27.4. The number of nitrogens with zero attached hydrogens (tertiary/aromatic N) is 2. The lowest BCUT2D eigenvalue weighted by Gasteiger charge is -2.35. The molecule has 0 spiro atoms. The molecule has 0 atom stereocenters. The molecule has 194 valence electrons. The first-order valence-electron chi connectivity index (χ1n) is 11.7. The number of esters is 1. The summed E-state index contributed by atoms with van der Waals surface area (Å²) in [5.41, 5.74) is 1.33. The molecule has 0 radical (unpaired) electrons. The Morgan fingerprint density at radius 2 is 1.57 bits per heavy atom. The standard InChI is InChI=1S/C27H28N2O7S/c1-34-22-11-12-24(26(18-22)35-2)25(30)19-36-27(31)20-7-6-10-23(17-20)37(32,33)29-15-13-28(14-16-29)21-8-4-3-5-9-21/h3-12,17-18H,13-16,19H2,1-2H3. The van der Waals surface area contributed by atoms with Crippen molar-refractivity contribution in [3.63, 3.8) is 0 Å². The van der Waals surface area contributed by atoms with Crippen molar-refractivity contribution in [2.45, 2.75) is 4.90 Å².